The van der Waals surface area contributed by atoms with Crippen molar-refractivity contribution in [1.29, 1.82) is 0 Å². The Hall–Kier alpha value is -0.910. The van der Waals surface area contributed by atoms with Crippen molar-refractivity contribution in [2.24, 2.45) is 5.92 Å². The van der Waals surface area contributed by atoms with Gasteiger partial charge in [-0.05, 0) is 24.8 Å². The molecule has 0 aromatic heterocycles. The summed E-state index contributed by atoms with van der Waals surface area (Å²) >= 11 is 0. The molecule has 2 N–H and O–H groups in total. The van der Waals surface area contributed by atoms with Crippen LogP contribution in [0.4, 0.5) is 0 Å². The summed E-state index contributed by atoms with van der Waals surface area (Å²) in [7, 11) is -3.36. The van der Waals surface area contributed by atoms with E-state index >= 15 is 0 Å². The molecule has 5 heteroatoms. The Morgan fingerprint density at radius 3 is 2.45 bits per heavy atom. The van der Waals surface area contributed by atoms with Gasteiger partial charge in [0.05, 0.1) is 11.4 Å². The quantitative estimate of drug-likeness (QED) is 0.771. The molecule has 1 aromatic rings. The molecule has 0 aliphatic carbocycles. The van der Waals surface area contributed by atoms with E-state index < -0.39 is 15.6 Å². The lowest BCUT2D eigenvalue weighted by Crippen LogP contribution is -2.45. The lowest BCUT2D eigenvalue weighted by molar-refractivity contribution is 0.0102. The molecule has 114 valence electrons. The molecule has 1 rings (SSSR count). The molecule has 0 saturated carbocycles. The fraction of sp³-hybridized carbons (Fsp3) is 0.600. The highest BCUT2D eigenvalue weighted by atomic mass is 32.2. The number of hydrogen-bond acceptors (Lipinski definition) is 3. The van der Waals surface area contributed by atoms with Crippen LogP contribution in [-0.4, -0.2) is 31.4 Å². The molecule has 0 bridgehead atoms. The molecule has 0 amide bonds. The number of hydrogen-bond donors (Lipinski definition) is 2. The van der Waals surface area contributed by atoms with Crippen molar-refractivity contribution in [2.75, 3.05) is 12.3 Å². The smallest absolute Gasteiger partial charge is 0.212 e. The van der Waals surface area contributed by atoms with Gasteiger partial charge in [0.1, 0.15) is 0 Å². The third-order valence-corrected chi connectivity index (χ3v) is 5.15. The van der Waals surface area contributed by atoms with Crippen LogP contribution >= 0.6 is 0 Å². The van der Waals surface area contributed by atoms with Crippen molar-refractivity contribution in [2.45, 2.75) is 39.2 Å². The number of benzene rings is 1. The molecular weight excluding hydrogens is 274 g/mol. The average molecular weight is 299 g/mol. The molecule has 2 atom stereocenters. The number of sulfonamides is 1. The molecule has 0 aliphatic heterocycles. The summed E-state index contributed by atoms with van der Waals surface area (Å²) in [5.74, 6) is 0.0764. The normalized spacial score (nSPS) is 16.6. The lowest BCUT2D eigenvalue weighted by Gasteiger charge is -2.29. The third kappa shape index (κ3) is 5.61. The summed E-state index contributed by atoms with van der Waals surface area (Å²) < 4.78 is 26.4. The first kappa shape index (κ1) is 17.1. The van der Waals surface area contributed by atoms with Crippen molar-refractivity contribution < 1.29 is 13.5 Å². The van der Waals surface area contributed by atoms with Gasteiger partial charge in [-0.1, -0.05) is 50.6 Å². The highest BCUT2D eigenvalue weighted by Crippen LogP contribution is 2.19. The van der Waals surface area contributed by atoms with E-state index in [2.05, 4.69) is 4.72 Å². The van der Waals surface area contributed by atoms with E-state index in [4.69, 9.17) is 0 Å². The summed E-state index contributed by atoms with van der Waals surface area (Å²) in [6.45, 7) is 5.61. The second-order valence-corrected chi connectivity index (χ2v) is 7.47. The van der Waals surface area contributed by atoms with Gasteiger partial charge in [-0.2, -0.15) is 0 Å². The van der Waals surface area contributed by atoms with E-state index in [0.717, 1.165) is 12.0 Å². The summed E-state index contributed by atoms with van der Waals surface area (Å²) in [6, 6.07) is 9.50. The van der Waals surface area contributed by atoms with Crippen LogP contribution in [0.2, 0.25) is 0 Å². The molecule has 0 spiro atoms. The van der Waals surface area contributed by atoms with Gasteiger partial charge in [0.25, 0.3) is 0 Å². The van der Waals surface area contributed by atoms with Crippen molar-refractivity contribution in [3.63, 3.8) is 0 Å². The molecule has 0 aliphatic rings. The van der Waals surface area contributed by atoms with Gasteiger partial charge in [-0.25, -0.2) is 13.1 Å². The fourth-order valence-corrected chi connectivity index (χ4v) is 3.00. The molecule has 0 saturated heterocycles. The van der Waals surface area contributed by atoms with Crippen molar-refractivity contribution in [3.05, 3.63) is 35.9 Å². The Bertz CT molecular complexity index is 497. The van der Waals surface area contributed by atoms with Crippen LogP contribution in [0.1, 0.15) is 32.8 Å². The summed E-state index contributed by atoms with van der Waals surface area (Å²) in [4.78, 5) is 0. The highest BCUT2D eigenvalue weighted by molar-refractivity contribution is 7.89. The predicted molar refractivity (Wildman–Crippen MR) is 82.0 cm³/mol. The van der Waals surface area contributed by atoms with E-state index in [-0.39, 0.29) is 18.2 Å². The summed E-state index contributed by atoms with van der Waals surface area (Å²) in [6.07, 6.45) is 1.28. The monoisotopic (exact) mass is 299 g/mol. The molecule has 0 fully saturated rings. The first-order valence-corrected chi connectivity index (χ1v) is 8.65. The second kappa shape index (κ2) is 7.20. The Balaban J connectivity index is 2.50. The standard InChI is InChI=1S/C15H25NO3S/c1-4-13(2)15(3,17)12-16-20(18,19)11-10-14-8-6-5-7-9-14/h5-9,13,16-17H,4,10-12H2,1-3H3. The molecule has 0 heterocycles. The maximum absolute atomic E-state index is 11.9. The molecule has 4 nitrogen and oxygen atoms in total. The Morgan fingerprint density at radius 2 is 1.90 bits per heavy atom. The van der Waals surface area contributed by atoms with E-state index in [9.17, 15) is 13.5 Å². The van der Waals surface area contributed by atoms with Crippen molar-refractivity contribution in [1.82, 2.24) is 4.72 Å². The number of rotatable bonds is 8. The second-order valence-electron chi connectivity index (χ2n) is 5.54. The topological polar surface area (TPSA) is 66.4 Å². The first-order valence-electron chi connectivity index (χ1n) is 7.00. The Labute approximate surface area is 122 Å². The van der Waals surface area contributed by atoms with Crippen LogP contribution in [0.3, 0.4) is 0 Å². The average Bonchev–Trinajstić information content (AvgIpc) is 2.43. The van der Waals surface area contributed by atoms with Gasteiger partial charge in [-0.15, -0.1) is 0 Å². The number of aliphatic hydroxyl groups is 1. The minimum Gasteiger partial charge on any atom is -0.389 e. The Morgan fingerprint density at radius 1 is 1.30 bits per heavy atom. The SMILES string of the molecule is CCC(C)C(C)(O)CNS(=O)(=O)CCc1ccccc1. The molecule has 0 radical (unpaired) electrons. The first-order chi connectivity index (χ1) is 9.27. The zero-order valence-corrected chi connectivity index (χ0v) is 13.3. The minimum absolute atomic E-state index is 0.0353. The zero-order chi connectivity index (χ0) is 15.2. The van der Waals surface area contributed by atoms with Crippen molar-refractivity contribution in [3.8, 4) is 0 Å². The highest BCUT2D eigenvalue weighted by Gasteiger charge is 2.28. The van der Waals surface area contributed by atoms with Gasteiger partial charge >= 0.3 is 0 Å². The fourth-order valence-electron chi connectivity index (χ4n) is 1.84. The maximum Gasteiger partial charge on any atom is 0.212 e. The van der Waals surface area contributed by atoms with Crippen LogP contribution in [0, 0.1) is 5.92 Å². The van der Waals surface area contributed by atoms with Gasteiger partial charge in [-0.3, -0.25) is 0 Å². The molecular formula is C15H25NO3S. The minimum atomic E-state index is -3.36. The van der Waals surface area contributed by atoms with Crippen LogP contribution in [0.5, 0.6) is 0 Å². The summed E-state index contributed by atoms with van der Waals surface area (Å²) in [5.41, 5.74) is -0.0271. The zero-order valence-electron chi connectivity index (χ0n) is 12.5. The Kier molecular flexibility index (Phi) is 6.17. The van der Waals surface area contributed by atoms with Crippen LogP contribution < -0.4 is 4.72 Å². The largest absolute Gasteiger partial charge is 0.389 e. The molecule has 1 aromatic carbocycles. The van der Waals surface area contributed by atoms with Gasteiger partial charge in [0, 0.05) is 6.54 Å². The van der Waals surface area contributed by atoms with Gasteiger partial charge < -0.3 is 5.11 Å². The maximum atomic E-state index is 11.9. The van der Waals surface area contributed by atoms with E-state index in [1.54, 1.807) is 6.92 Å². The molecule has 20 heavy (non-hydrogen) atoms. The van der Waals surface area contributed by atoms with E-state index in [1.165, 1.54) is 0 Å². The van der Waals surface area contributed by atoms with E-state index in [1.807, 2.05) is 44.2 Å². The van der Waals surface area contributed by atoms with Crippen molar-refractivity contribution >= 4 is 10.0 Å². The van der Waals surface area contributed by atoms with Crippen LogP contribution in [0.25, 0.3) is 0 Å². The third-order valence-electron chi connectivity index (χ3n) is 3.83. The summed E-state index contributed by atoms with van der Waals surface area (Å²) in [5, 5.41) is 10.2. The van der Waals surface area contributed by atoms with Crippen LogP contribution in [0.15, 0.2) is 30.3 Å². The van der Waals surface area contributed by atoms with E-state index in [0.29, 0.717) is 6.42 Å². The van der Waals surface area contributed by atoms with Gasteiger partial charge in [0.2, 0.25) is 10.0 Å². The lowest BCUT2D eigenvalue weighted by atomic mass is 9.89. The number of aryl methyl sites for hydroxylation is 1. The molecule has 2 unspecified atom stereocenters. The predicted octanol–water partition coefficient (Wildman–Crippen LogP) is 1.95. The number of nitrogens with one attached hydrogen (secondary N) is 1. The van der Waals surface area contributed by atoms with Gasteiger partial charge in [0.15, 0.2) is 0 Å². The van der Waals surface area contributed by atoms with Crippen LogP contribution in [-0.2, 0) is 16.4 Å².